The van der Waals surface area contributed by atoms with Crippen LogP contribution in [0.15, 0.2) is 24.3 Å². The SMILES string of the molecule is CC(C)N1CCN(c2ccccc2C2CCNCC2)C1=O. The van der Waals surface area contributed by atoms with Gasteiger partial charge in [0.2, 0.25) is 0 Å². The number of para-hydroxylation sites is 1. The van der Waals surface area contributed by atoms with Gasteiger partial charge in [-0.05, 0) is 57.3 Å². The van der Waals surface area contributed by atoms with Crippen LogP contribution in [0.2, 0.25) is 0 Å². The highest BCUT2D eigenvalue weighted by molar-refractivity contribution is 5.95. The molecular weight excluding hydrogens is 262 g/mol. The van der Waals surface area contributed by atoms with E-state index in [1.54, 1.807) is 0 Å². The van der Waals surface area contributed by atoms with Crippen LogP contribution in [0.25, 0.3) is 0 Å². The van der Waals surface area contributed by atoms with Crippen LogP contribution in [0.5, 0.6) is 0 Å². The smallest absolute Gasteiger partial charge is 0.320 e. The lowest BCUT2D eigenvalue weighted by Gasteiger charge is -2.28. The van der Waals surface area contributed by atoms with Crippen LogP contribution in [0, 0.1) is 0 Å². The predicted molar refractivity (Wildman–Crippen MR) is 85.9 cm³/mol. The van der Waals surface area contributed by atoms with Gasteiger partial charge in [0.15, 0.2) is 0 Å². The lowest BCUT2D eigenvalue weighted by molar-refractivity contribution is 0.209. The maximum absolute atomic E-state index is 12.6. The molecule has 114 valence electrons. The monoisotopic (exact) mass is 287 g/mol. The molecule has 2 fully saturated rings. The Morgan fingerprint density at radius 1 is 1.14 bits per heavy atom. The number of carbonyl (C=O) groups is 1. The number of benzene rings is 1. The summed E-state index contributed by atoms with van der Waals surface area (Å²) in [6.07, 6.45) is 2.32. The van der Waals surface area contributed by atoms with E-state index in [0.29, 0.717) is 5.92 Å². The largest absolute Gasteiger partial charge is 0.324 e. The topological polar surface area (TPSA) is 35.6 Å². The number of piperidine rings is 1. The summed E-state index contributed by atoms with van der Waals surface area (Å²) >= 11 is 0. The van der Waals surface area contributed by atoms with E-state index in [-0.39, 0.29) is 12.1 Å². The fourth-order valence-electron chi connectivity index (χ4n) is 3.47. The molecule has 2 heterocycles. The van der Waals surface area contributed by atoms with Crippen molar-refractivity contribution in [1.29, 1.82) is 0 Å². The Bertz CT molecular complexity index is 509. The third kappa shape index (κ3) is 2.77. The molecule has 21 heavy (non-hydrogen) atoms. The van der Waals surface area contributed by atoms with Crippen molar-refractivity contribution in [3.63, 3.8) is 0 Å². The van der Waals surface area contributed by atoms with Crippen molar-refractivity contribution in [3.05, 3.63) is 29.8 Å². The maximum atomic E-state index is 12.6. The van der Waals surface area contributed by atoms with Crippen molar-refractivity contribution in [2.45, 2.75) is 38.6 Å². The van der Waals surface area contributed by atoms with Gasteiger partial charge in [0.05, 0.1) is 0 Å². The van der Waals surface area contributed by atoms with E-state index < -0.39 is 0 Å². The average molecular weight is 287 g/mol. The molecule has 0 atom stereocenters. The van der Waals surface area contributed by atoms with Gasteiger partial charge in [-0.3, -0.25) is 4.90 Å². The average Bonchev–Trinajstić information content (AvgIpc) is 2.90. The maximum Gasteiger partial charge on any atom is 0.324 e. The number of anilines is 1. The van der Waals surface area contributed by atoms with Crippen molar-refractivity contribution in [2.24, 2.45) is 0 Å². The van der Waals surface area contributed by atoms with Gasteiger partial charge in [0, 0.05) is 24.8 Å². The van der Waals surface area contributed by atoms with E-state index >= 15 is 0 Å². The minimum Gasteiger partial charge on any atom is -0.320 e. The number of nitrogens with one attached hydrogen (secondary N) is 1. The Hall–Kier alpha value is -1.55. The summed E-state index contributed by atoms with van der Waals surface area (Å²) in [5.41, 5.74) is 2.47. The van der Waals surface area contributed by atoms with Gasteiger partial charge >= 0.3 is 6.03 Å². The highest BCUT2D eigenvalue weighted by Crippen LogP contribution is 2.34. The summed E-state index contributed by atoms with van der Waals surface area (Å²) in [4.78, 5) is 16.5. The molecule has 0 radical (unpaired) electrons. The number of amides is 2. The summed E-state index contributed by atoms with van der Waals surface area (Å²) in [6, 6.07) is 8.89. The Morgan fingerprint density at radius 2 is 1.86 bits per heavy atom. The van der Waals surface area contributed by atoms with Crippen LogP contribution in [0.4, 0.5) is 10.5 Å². The molecule has 2 aliphatic rings. The second-order valence-electron chi connectivity index (χ2n) is 6.30. The van der Waals surface area contributed by atoms with Crippen molar-refractivity contribution in [1.82, 2.24) is 10.2 Å². The lowest BCUT2D eigenvalue weighted by Crippen LogP contribution is -2.36. The molecule has 0 aromatic heterocycles. The number of urea groups is 1. The molecule has 4 heteroatoms. The molecule has 1 aromatic rings. The van der Waals surface area contributed by atoms with Crippen molar-refractivity contribution in [2.75, 3.05) is 31.1 Å². The number of carbonyl (C=O) groups excluding carboxylic acids is 1. The molecule has 1 aromatic carbocycles. The number of hydrogen-bond acceptors (Lipinski definition) is 2. The standard InChI is InChI=1S/C17H25N3O/c1-13(2)19-11-12-20(17(19)21)16-6-4-3-5-15(16)14-7-9-18-10-8-14/h3-6,13-14,18H,7-12H2,1-2H3. The third-order valence-corrected chi connectivity index (χ3v) is 4.67. The molecule has 0 saturated carbocycles. The van der Waals surface area contributed by atoms with Crippen molar-refractivity contribution in [3.8, 4) is 0 Å². The molecule has 2 amide bonds. The molecule has 1 N–H and O–H groups in total. The summed E-state index contributed by atoms with van der Waals surface area (Å²) in [5.74, 6) is 0.573. The van der Waals surface area contributed by atoms with Gasteiger partial charge in [-0.15, -0.1) is 0 Å². The minimum absolute atomic E-state index is 0.159. The number of rotatable bonds is 3. The van der Waals surface area contributed by atoms with E-state index in [1.165, 1.54) is 5.56 Å². The Balaban J connectivity index is 1.87. The van der Waals surface area contributed by atoms with Crippen molar-refractivity contribution < 1.29 is 4.79 Å². The Kier molecular flexibility index (Phi) is 4.15. The summed E-state index contributed by atoms with van der Waals surface area (Å²) in [7, 11) is 0. The first-order chi connectivity index (χ1) is 10.2. The number of hydrogen-bond donors (Lipinski definition) is 1. The lowest BCUT2D eigenvalue weighted by atomic mass is 9.89. The predicted octanol–water partition coefficient (Wildman–Crippen LogP) is 2.80. The Labute approximate surface area is 127 Å². The first kappa shape index (κ1) is 14.4. The molecule has 0 bridgehead atoms. The van der Waals surface area contributed by atoms with Gasteiger partial charge in [-0.2, -0.15) is 0 Å². The van der Waals surface area contributed by atoms with E-state index in [4.69, 9.17) is 0 Å². The van der Waals surface area contributed by atoms with Crippen LogP contribution >= 0.6 is 0 Å². The fraction of sp³-hybridized carbons (Fsp3) is 0.588. The zero-order chi connectivity index (χ0) is 14.8. The first-order valence-corrected chi connectivity index (χ1v) is 8.06. The van der Waals surface area contributed by atoms with Gasteiger partial charge in [0.25, 0.3) is 0 Å². The molecule has 2 aliphatic heterocycles. The molecule has 2 saturated heterocycles. The van der Waals surface area contributed by atoms with Crippen LogP contribution in [-0.4, -0.2) is 43.2 Å². The first-order valence-electron chi connectivity index (χ1n) is 8.06. The van der Waals surface area contributed by atoms with Crippen LogP contribution in [-0.2, 0) is 0 Å². The van der Waals surface area contributed by atoms with Gasteiger partial charge in [0.1, 0.15) is 0 Å². The van der Waals surface area contributed by atoms with E-state index in [0.717, 1.165) is 44.7 Å². The number of nitrogens with zero attached hydrogens (tertiary/aromatic N) is 2. The van der Waals surface area contributed by atoms with E-state index in [1.807, 2.05) is 15.9 Å². The van der Waals surface area contributed by atoms with E-state index in [2.05, 4.69) is 37.4 Å². The zero-order valence-electron chi connectivity index (χ0n) is 13.0. The molecule has 0 unspecified atom stereocenters. The minimum atomic E-state index is 0.159. The quantitative estimate of drug-likeness (QED) is 0.928. The highest BCUT2D eigenvalue weighted by Gasteiger charge is 2.33. The van der Waals surface area contributed by atoms with Crippen LogP contribution < -0.4 is 10.2 Å². The fourth-order valence-corrected chi connectivity index (χ4v) is 3.47. The highest BCUT2D eigenvalue weighted by atomic mass is 16.2. The molecule has 4 nitrogen and oxygen atoms in total. The molecular formula is C17H25N3O. The second-order valence-corrected chi connectivity index (χ2v) is 6.30. The normalized spacial score (nSPS) is 20.6. The molecule has 0 spiro atoms. The third-order valence-electron chi connectivity index (χ3n) is 4.67. The second kappa shape index (κ2) is 6.06. The summed E-state index contributed by atoms with van der Waals surface area (Å²) < 4.78 is 0. The van der Waals surface area contributed by atoms with Crippen LogP contribution in [0.1, 0.15) is 38.2 Å². The summed E-state index contributed by atoms with van der Waals surface area (Å²) in [5, 5.41) is 3.42. The van der Waals surface area contributed by atoms with Gasteiger partial charge < -0.3 is 10.2 Å². The Morgan fingerprint density at radius 3 is 2.52 bits per heavy atom. The summed E-state index contributed by atoms with van der Waals surface area (Å²) in [6.45, 7) is 7.95. The van der Waals surface area contributed by atoms with Crippen LogP contribution in [0.3, 0.4) is 0 Å². The van der Waals surface area contributed by atoms with Crippen molar-refractivity contribution >= 4 is 11.7 Å². The van der Waals surface area contributed by atoms with E-state index in [9.17, 15) is 4.79 Å². The molecule has 3 rings (SSSR count). The molecule has 0 aliphatic carbocycles. The zero-order valence-corrected chi connectivity index (χ0v) is 13.0. The van der Waals surface area contributed by atoms with Gasteiger partial charge in [-0.1, -0.05) is 18.2 Å². The van der Waals surface area contributed by atoms with Gasteiger partial charge in [-0.25, -0.2) is 4.79 Å².